The van der Waals surface area contributed by atoms with Gasteiger partial charge in [-0.2, -0.15) is 0 Å². The first-order chi connectivity index (χ1) is 4.79. The van der Waals surface area contributed by atoms with Crippen molar-refractivity contribution in [2.45, 2.75) is 26.4 Å². The van der Waals surface area contributed by atoms with E-state index in [-0.39, 0.29) is 0 Å². The second-order valence-corrected chi connectivity index (χ2v) is 3.11. The van der Waals surface area contributed by atoms with Gasteiger partial charge >= 0.3 is 0 Å². The summed E-state index contributed by atoms with van der Waals surface area (Å²) in [5.74, 6) is 0.655. The van der Waals surface area contributed by atoms with E-state index in [9.17, 15) is 0 Å². The van der Waals surface area contributed by atoms with E-state index < -0.39 is 0 Å². The summed E-state index contributed by atoms with van der Waals surface area (Å²) in [4.78, 5) is 0. The number of rotatable bonds is 3. The summed E-state index contributed by atoms with van der Waals surface area (Å²) < 4.78 is 10.7. The van der Waals surface area contributed by atoms with E-state index in [1.807, 2.05) is 0 Å². The van der Waals surface area contributed by atoms with Crippen LogP contribution in [0.4, 0.5) is 0 Å². The van der Waals surface area contributed by atoms with E-state index in [1.165, 1.54) is 6.42 Å². The molecular formula is C8H16O2. The Kier molecular flexibility index (Phi) is 3.16. The highest BCUT2D eigenvalue weighted by atomic mass is 16.5. The van der Waals surface area contributed by atoms with Gasteiger partial charge in [0, 0.05) is 12.5 Å². The molecule has 1 aliphatic rings. The van der Waals surface area contributed by atoms with Crippen LogP contribution >= 0.6 is 0 Å². The van der Waals surface area contributed by atoms with Crippen LogP contribution in [0.2, 0.25) is 0 Å². The average molecular weight is 144 g/mol. The molecule has 60 valence electrons. The zero-order valence-corrected chi connectivity index (χ0v) is 6.80. The first kappa shape index (κ1) is 8.02. The molecule has 0 aromatic rings. The Labute approximate surface area is 62.5 Å². The molecule has 2 nitrogen and oxygen atoms in total. The minimum absolute atomic E-state index is 0.362. The van der Waals surface area contributed by atoms with Crippen LogP contribution in [0.1, 0.15) is 20.3 Å². The zero-order chi connectivity index (χ0) is 7.40. The molecule has 0 amide bonds. The van der Waals surface area contributed by atoms with Crippen LogP contribution in [0, 0.1) is 5.92 Å². The molecule has 0 aliphatic carbocycles. The molecule has 0 radical (unpaired) electrons. The fraction of sp³-hybridized carbons (Fsp3) is 1.00. The lowest BCUT2D eigenvalue weighted by Gasteiger charge is -2.10. The molecule has 1 atom stereocenters. The average Bonchev–Trinajstić information content (AvgIpc) is 2.34. The van der Waals surface area contributed by atoms with E-state index in [0.717, 1.165) is 19.8 Å². The van der Waals surface area contributed by atoms with Gasteiger partial charge in [0.15, 0.2) is 0 Å². The lowest BCUT2D eigenvalue weighted by Crippen LogP contribution is -2.13. The minimum Gasteiger partial charge on any atom is -0.381 e. The van der Waals surface area contributed by atoms with Crippen molar-refractivity contribution in [3.63, 3.8) is 0 Å². The van der Waals surface area contributed by atoms with Gasteiger partial charge in [-0.1, -0.05) is 0 Å². The Bertz CT molecular complexity index is 85.3. The topological polar surface area (TPSA) is 18.5 Å². The van der Waals surface area contributed by atoms with Crippen molar-refractivity contribution in [1.82, 2.24) is 0 Å². The van der Waals surface area contributed by atoms with Gasteiger partial charge in [-0.3, -0.25) is 0 Å². The van der Waals surface area contributed by atoms with E-state index in [4.69, 9.17) is 9.47 Å². The molecular weight excluding hydrogens is 128 g/mol. The predicted octanol–water partition coefficient (Wildman–Crippen LogP) is 1.45. The van der Waals surface area contributed by atoms with Crippen molar-refractivity contribution in [3.05, 3.63) is 0 Å². The molecule has 1 unspecified atom stereocenters. The quantitative estimate of drug-likeness (QED) is 0.597. The molecule has 1 rings (SSSR count). The van der Waals surface area contributed by atoms with Gasteiger partial charge in [-0.15, -0.1) is 0 Å². The highest BCUT2D eigenvalue weighted by Crippen LogP contribution is 2.12. The van der Waals surface area contributed by atoms with Crippen LogP contribution in [-0.4, -0.2) is 25.9 Å². The smallest absolute Gasteiger partial charge is 0.0520 e. The van der Waals surface area contributed by atoms with Crippen molar-refractivity contribution in [1.29, 1.82) is 0 Å². The van der Waals surface area contributed by atoms with Crippen LogP contribution in [0.3, 0.4) is 0 Å². The third-order valence-corrected chi connectivity index (χ3v) is 1.69. The van der Waals surface area contributed by atoms with E-state index in [1.54, 1.807) is 0 Å². The second kappa shape index (κ2) is 3.94. The molecule has 0 N–H and O–H groups in total. The monoisotopic (exact) mass is 144 g/mol. The van der Waals surface area contributed by atoms with Crippen molar-refractivity contribution in [2.75, 3.05) is 19.8 Å². The van der Waals surface area contributed by atoms with Crippen LogP contribution in [-0.2, 0) is 9.47 Å². The highest BCUT2D eigenvalue weighted by molar-refractivity contribution is 4.62. The summed E-state index contributed by atoms with van der Waals surface area (Å²) >= 11 is 0. The van der Waals surface area contributed by atoms with Gasteiger partial charge < -0.3 is 9.47 Å². The zero-order valence-electron chi connectivity index (χ0n) is 6.80. The van der Waals surface area contributed by atoms with E-state index in [0.29, 0.717) is 12.0 Å². The highest BCUT2D eigenvalue weighted by Gasteiger charge is 2.15. The Morgan fingerprint density at radius 3 is 2.90 bits per heavy atom. The van der Waals surface area contributed by atoms with Gasteiger partial charge in [0.1, 0.15) is 0 Å². The van der Waals surface area contributed by atoms with Gasteiger partial charge in [0.05, 0.1) is 19.3 Å². The van der Waals surface area contributed by atoms with Gasteiger partial charge in [-0.25, -0.2) is 0 Å². The van der Waals surface area contributed by atoms with E-state index >= 15 is 0 Å². The lowest BCUT2D eigenvalue weighted by atomic mass is 10.1. The van der Waals surface area contributed by atoms with Crippen LogP contribution in [0.25, 0.3) is 0 Å². The van der Waals surface area contributed by atoms with Crippen LogP contribution in [0.15, 0.2) is 0 Å². The fourth-order valence-electron chi connectivity index (χ4n) is 1.04. The summed E-state index contributed by atoms with van der Waals surface area (Å²) in [5.41, 5.74) is 0. The first-order valence-electron chi connectivity index (χ1n) is 3.98. The summed E-state index contributed by atoms with van der Waals surface area (Å²) in [6.07, 6.45) is 1.53. The maximum Gasteiger partial charge on any atom is 0.0520 e. The second-order valence-electron chi connectivity index (χ2n) is 3.11. The number of hydrogen-bond acceptors (Lipinski definition) is 2. The van der Waals surface area contributed by atoms with Gasteiger partial charge in [0.25, 0.3) is 0 Å². The predicted molar refractivity (Wildman–Crippen MR) is 40.0 cm³/mol. The molecule has 0 aromatic heterocycles. The Morgan fingerprint density at radius 1 is 1.60 bits per heavy atom. The number of ether oxygens (including phenoxy) is 2. The number of hydrogen-bond donors (Lipinski definition) is 0. The summed E-state index contributed by atoms with van der Waals surface area (Å²) in [6, 6.07) is 0. The van der Waals surface area contributed by atoms with Crippen molar-refractivity contribution >= 4 is 0 Å². The Morgan fingerprint density at radius 2 is 2.40 bits per heavy atom. The molecule has 0 bridgehead atoms. The van der Waals surface area contributed by atoms with Crippen molar-refractivity contribution < 1.29 is 9.47 Å². The third-order valence-electron chi connectivity index (χ3n) is 1.69. The maximum absolute atomic E-state index is 5.45. The SMILES string of the molecule is CC(C)OCC1CCOC1. The Balaban J connectivity index is 2.01. The molecule has 1 aliphatic heterocycles. The third kappa shape index (κ3) is 2.67. The first-order valence-corrected chi connectivity index (χ1v) is 3.98. The summed E-state index contributed by atoms with van der Waals surface area (Å²) in [5, 5.41) is 0. The molecule has 10 heavy (non-hydrogen) atoms. The van der Waals surface area contributed by atoms with Gasteiger partial charge in [0.2, 0.25) is 0 Å². The molecule has 0 aromatic carbocycles. The van der Waals surface area contributed by atoms with Crippen LogP contribution < -0.4 is 0 Å². The van der Waals surface area contributed by atoms with Gasteiger partial charge in [-0.05, 0) is 20.3 Å². The minimum atomic E-state index is 0.362. The molecule has 1 saturated heterocycles. The van der Waals surface area contributed by atoms with Crippen molar-refractivity contribution in [3.8, 4) is 0 Å². The summed E-state index contributed by atoms with van der Waals surface area (Å²) in [6.45, 7) is 6.82. The molecule has 2 heteroatoms. The molecule has 0 spiro atoms. The maximum atomic E-state index is 5.45. The largest absolute Gasteiger partial charge is 0.381 e. The van der Waals surface area contributed by atoms with Crippen LogP contribution in [0.5, 0.6) is 0 Å². The molecule has 1 heterocycles. The normalized spacial score (nSPS) is 26.1. The lowest BCUT2D eigenvalue weighted by molar-refractivity contribution is 0.0470. The van der Waals surface area contributed by atoms with E-state index in [2.05, 4.69) is 13.8 Å². The standard InChI is InChI=1S/C8H16O2/c1-7(2)10-6-8-3-4-9-5-8/h7-8H,3-6H2,1-2H3. The fourth-order valence-corrected chi connectivity index (χ4v) is 1.04. The van der Waals surface area contributed by atoms with Crippen molar-refractivity contribution in [2.24, 2.45) is 5.92 Å². The Hall–Kier alpha value is -0.0800. The molecule has 1 fully saturated rings. The summed E-state index contributed by atoms with van der Waals surface area (Å²) in [7, 11) is 0. The molecule has 0 saturated carbocycles.